The fourth-order valence-corrected chi connectivity index (χ4v) is 15.6. The van der Waals surface area contributed by atoms with Crippen LogP contribution in [0.25, 0.3) is 22.1 Å². The van der Waals surface area contributed by atoms with Gasteiger partial charge in [-0.3, -0.25) is 9.97 Å². The average molecular weight is 901 g/mol. The molecule has 0 aliphatic heterocycles. The number of aliphatic hydroxyl groups excluding tert-OH is 1. The molecule has 0 saturated heterocycles. The Morgan fingerprint density at radius 1 is 0.646 bits per heavy atom. The Morgan fingerprint density at radius 3 is 1.78 bits per heavy atom. The second-order valence-electron chi connectivity index (χ2n) is 16.7. The lowest BCUT2D eigenvalue weighted by Gasteiger charge is -2.44. The number of fused-ring (bicyclic) bond motifs is 2. The zero-order chi connectivity index (χ0) is 46.7. The fraction of sp³-hybridized carbons (Fsp3) is 0.294. The molecule has 340 valence electrons. The molecule has 0 spiro atoms. The van der Waals surface area contributed by atoms with Crippen LogP contribution in [0.4, 0.5) is 8.78 Å². The molecule has 0 saturated carbocycles. The maximum atomic E-state index is 14.7. The van der Waals surface area contributed by atoms with E-state index in [1.807, 2.05) is 42.7 Å². The molecule has 6 heterocycles. The third-order valence-corrected chi connectivity index (χ3v) is 18.6. The number of halogens is 2. The summed E-state index contributed by atoms with van der Waals surface area (Å²) in [5, 5.41) is 20.4. The van der Waals surface area contributed by atoms with E-state index in [0.717, 1.165) is 50.4 Å². The predicted octanol–water partition coefficient (Wildman–Crippen LogP) is 11.4. The topological polar surface area (TPSA) is 140 Å². The van der Waals surface area contributed by atoms with E-state index in [0.29, 0.717) is 58.7 Å². The summed E-state index contributed by atoms with van der Waals surface area (Å²) in [6.45, 7) is 14.4. The largest absolute Gasteiger partial charge is 0.504 e. The van der Waals surface area contributed by atoms with Crippen LogP contribution < -0.4 is 14.2 Å². The number of rotatable bonds is 14. The molecule has 2 aromatic carbocycles. The summed E-state index contributed by atoms with van der Waals surface area (Å²) in [6.07, 6.45) is 15.2. The highest BCUT2D eigenvalue weighted by Gasteiger charge is 2.46. The van der Waals surface area contributed by atoms with Crippen molar-refractivity contribution in [3.8, 4) is 23.0 Å². The Kier molecular flexibility index (Phi) is 16.1. The standard InChI is InChI=1S/C24H33FN2O2Si.C21H18FN3O2.C6H7NO/c1-15(2)30(16(3)4,17(5)6)27-14-19(20-9-8-10-26-24(20)27)11-18-12-23(29-7)22(28)13-21(18)25;1-26-19-10-15(9-16-12-25-21-17(16)3-2-6-24-21)18(22)11-20(19)27-13-14-4-7-23-8-5-14;8-5-6-1-3-7-4-2-6/h8-10,12-17,28H,11H2,1-7H3;2-8,10-12H,9,13H2,1H3,(H,24,25);1-4,8H,5H2. The normalized spacial score (nSPS) is 11.4. The lowest BCUT2D eigenvalue weighted by atomic mass is 10.0. The van der Waals surface area contributed by atoms with Gasteiger partial charge >= 0.3 is 0 Å². The minimum Gasteiger partial charge on any atom is -0.504 e. The van der Waals surface area contributed by atoms with E-state index < -0.39 is 14.1 Å². The number of pyridine rings is 4. The number of nitrogens with one attached hydrogen (secondary N) is 1. The van der Waals surface area contributed by atoms with E-state index >= 15 is 0 Å². The van der Waals surface area contributed by atoms with Crippen molar-refractivity contribution in [2.75, 3.05) is 14.2 Å². The highest BCUT2D eigenvalue weighted by molar-refractivity contribution is 6.82. The molecule has 0 unspecified atom stereocenters. The number of aromatic nitrogens is 6. The third-order valence-electron chi connectivity index (χ3n) is 11.9. The van der Waals surface area contributed by atoms with Crippen LogP contribution in [0.2, 0.25) is 16.6 Å². The molecule has 0 bridgehead atoms. The summed E-state index contributed by atoms with van der Waals surface area (Å²) >= 11 is 0. The minimum atomic E-state index is -2.01. The van der Waals surface area contributed by atoms with Crippen LogP contribution >= 0.6 is 0 Å². The van der Waals surface area contributed by atoms with Crippen LogP contribution in [0.5, 0.6) is 23.0 Å². The molecule has 0 aliphatic carbocycles. The molecule has 0 amide bonds. The molecule has 0 atom stereocenters. The van der Waals surface area contributed by atoms with Gasteiger partial charge in [-0.2, -0.15) is 0 Å². The predicted molar refractivity (Wildman–Crippen MR) is 254 cm³/mol. The van der Waals surface area contributed by atoms with Gasteiger partial charge in [-0.1, -0.05) is 41.5 Å². The summed E-state index contributed by atoms with van der Waals surface area (Å²) in [6, 6.07) is 20.9. The first-order valence-electron chi connectivity index (χ1n) is 21.6. The number of hydrogen-bond donors (Lipinski definition) is 3. The number of benzene rings is 2. The van der Waals surface area contributed by atoms with Crippen LogP contribution in [0.1, 0.15) is 74.9 Å². The van der Waals surface area contributed by atoms with Crippen molar-refractivity contribution in [3.63, 3.8) is 0 Å². The number of ether oxygens (including phenoxy) is 3. The molecule has 11 nitrogen and oxygen atoms in total. The van der Waals surface area contributed by atoms with Gasteiger partial charge in [0, 0.05) is 85.3 Å². The molecule has 0 fully saturated rings. The highest BCUT2D eigenvalue weighted by Crippen LogP contribution is 2.45. The van der Waals surface area contributed by atoms with E-state index in [1.54, 1.807) is 62.4 Å². The first kappa shape index (κ1) is 47.8. The monoisotopic (exact) mass is 900 g/mol. The number of hydrogen-bond acceptors (Lipinski definition) is 9. The van der Waals surface area contributed by atoms with E-state index in [-0.39, 0.29) is 23.9 Å². The molecule has 65 heavy (non-hydrogen) atoms. The van der Waals surface area contributed by atoms with Crippen molar-refractivity contribution in [3.05, 3.63) is 167 Å². The van der Waals surface area contributed by atoms with Gasteiger partial charge in [0.15, 0.2) is 31.2 Å². The molecule has 6 aromatic heterocycles. The number of H-pyrrole nitrogens is 1. The van der Waals surface area contributed by atoms with Crippen LogP contribution in [0, 0.1) is 11.6 Å². The van der Waals surface area contributed by atoms with Crippen molar-refractivity contribution in [2.45, 2.75) is 84.2 Å². The fourth-order valence-electron chi connectivity index (χ4n) is 8.96. The van der Waals surface area contributed by atoms with E-state index in [1.165, 1.54) is 13.2 Å². The van der Waals surface area contributed by atoms with Crippen molar-refractivity contribution >= 4 is 30.3 Å². The summed E-state index contributed by atoms with van der Waals surface area (Å²) in [5.41, 5.74) is 8.25. The van der Waals surface area contributed by atoms with Gasteiger partial charge in [0.25, 0.3) is 0 Å². The molecular formula is C51H58F2N6O5Si. The Hall–Kier alpha value is -6.64. The molecule has 0 radical (unpaired) electrons. The van der Waals surface area contributed by atoms with Crippen molar-refractivity contribution in [2.24, 2.45) is 0 Å². The number of nitrogens with zero attached hydrogens (tertiary/aromatic N) is 5. The van der Waals surface area contributed by atoms with Crippen molar-refractivity contribution < 1.29 is 33.2 Å². The summed E-state index contributed by atoms with van der Waals surface area (Å²) in [5.74, 6) is 0.198. The molecule has 3 N–H and O–H groups in total. The Morgan fingerprint density at radius 2 is 1.20 bits per heavy atom. The zero-order valence-electron chi connectivity index (χ0n) is 38.2. The maximum absolute atomic E-state index is 14.7. The van der Waals surface area contributed by atoms with Crippen LogP contribution in [0.15, 0.2) is 122 Å². The van der Waals surface area contributed by atoms with E-state index in [9.17, 15) is 13.9 Å². The first-order valence-corrected chi connectivity index (χ1v) is 23.8. The maximum Gasteiger partial charge on any atom is 0.171 e. The number of aliphatic hydroxyl groups is 1. The molecule has 14 heteroatoms. The summed E-state index contributed by atoms with van der Waals surface area (Å²) in [7, 11) is 1.01. The van der Waals surface area contributed by atoms with E-state index in [4.69, 9.17) is 24.3 Å². The zero-order valence-corrected chi connectivity index (χ0v) is 39.2. The number of methoxy groups -OCH3 is 2. The first-order chi connectivity index (χ1) is 31.3. The van der Waals surface area contributed by atoms with Gasteiger partial charge < -0.3 is 33.6 Å². The van der Waals surface area contributed by atoms with Crippen LogP contribution in [-0.2, 0) is 26.1 Å². The van der Waals surface area contributed by atoms with Crippen LogP contribution in [0.3, 0.4) is 0 Å². The second-order valence-corrected chi connectivity index (χ2v) is 22.4. The smallest absolute Gasteiger partial charge is 0.171 e. The number of aromatic hydroxyl groups is 1. The van der Waals surface area contributed by atoms with Gasteiger partial charge in [0.1, 0.15) is 29.5 Å². The van der Waals surface area contributed by atoms with Gasteiger partial charge in [-0.05, 0) is 111 Å². The third kappa shape index (κ3) is 10.8. The minimum absolute atomic E-state index is 0.0997. The second kappa shape index (κ2) is 21.8. The number of aromatic amines is 1. The molecule has 8 aromatic rings. The number of phenols is 1. The SMILES string of the molecule is COc1cc(Cc2c[nH]c3ncccc23)c(F)cc1OCc1ccncc1.COc1cc(Cc2cn([Si](C(C)C)(C(C)C)C(C)C)c3ncccc23)c(F)cc1O.OCc1ccncc1. The van der Waals surface area contributed by atoms with Gasteiger partial charge in [-0.15, -0.1) is 0 Å². The Labute approximate surface area is 380 Å². The van der Waals surface area contributed by atoms with E-state index in [2.05, 4.69) is 78.0 Å². The lowest BCUT2D eigenvalue weighted by molar-refractivity contribution is 0.281. The lowest BCUT2D eigenvalue weighted by Crippen LogP contribution is -2.51. The number of phenolic OH excluding ortho intramolecular Hbond substituents is 1. The highest BCUT2D eigenvalue weighted by atomic mass is 28.3. The molecular weight excluding hydrogens is 843 g/mol. The quantitative estimate of drug-likeness (QED) is 0.0910. The Balaban J connectivity index is 0.000000184. The average Bonchev–Trinajstić information content (AvgIpc) is 3.89. The summed E-state index contributed by atoms with van der Waals surface area (Å²) < 4.78 is 48.2. The van der Waals surface area contributed by atoms with Crippen molar-refractivity contribution in [1.29, 1.82) is 0 Å². The van der Waals surface area contributed by atoms with Crippen molar-refractivity contribution in [1.82, 2.24) is 29.2 Å². The Bertz CT molecular complexity index is 2760. The van der Waals surface area contributed by atoms with Gasteiger partial charge in [0.2, 0.25) is 0 Å². The van der Waals surface area contributed by atoms with Gasteiger partial charge in [0.05, 0.1) is 20.8 Å². The summed E-state index contributed by atoms with van der Waals surface area (Å²) in [4.78, 5) is 19.9. The molecule has 0 aliphatic rings. The van der Waals surface area contributed by atoms with Crippen LogP contribution in [-0.4, -0.2) is 61.8 Å². The molecule has 8 rings (SSSR count). The van der Waals surface area contributed by atoms with Gasteiger partial charge in [-0.25, -0.2) is 18.7 Å².